The first-order chi connectivity index (χ1) is 9.65. The van der Waals surface area contributed by atoms with Crippen LogP contribution in [0, 0.1) is 5.92 Å². The van der Waals surface area contributed by atoms with Crippen molar-refractivity contribution in [1.29, 1.82) is 0 Å². The fourth-order valence-corrected chi connectivity index (χ4v) is 2.65. The Hall–Kier alpha value is -1.78. The maximum Gasteiger partial charge on any atom is 0.254 e. The van der Waals surface area contributed by atoms with E-state index in [9.17, 15) is 9.59 Å². The highest BCUT2D eigenvalue weighted by molar-refractivity contribution is 5.94. The van der Waals surface area contributed by atoms with Crippen molar-refractivity contribution in [3.05, 3.63) is 24.2 Å². The van der Waals surface area contributed by atoms with Gasteiger partial charge in [-0.3, -0.25) is 9.59 Å². The quantitative estimate of drug-likeness (QED) is 0.866. The van der Waals surface area contributed by atoms with Crippen LogP contribution in [0.1, 0.15) is 49.4 Å². The van der Waals surface area contributed by atoms with Crippen LogP contribution >= 0.6 is 0 Å². The van der Waals surface area contributed by atoms with E-state index in [0.717, 1.165) is 12.8 Å². The summed E-state index contributed by atoms with van der Waals surface area (Å²) in [6.45, 7) is 2.57. The van der Waals surface area contributed by atoms with Crippen molar-refractivity contribution >= 4 is 11.8 Å². The molecule has 1 fully saturated rings. The second-order valence-corrected chi connectivity index (χ2v) is 5.55. The molecular weight excluding hydrogens is 256 g/mol. The SMILES string of the molecule is C[C@@H]1CCC[C@H](NC(=O)CCNC(=O)c2ccoc2)C1. The fourth-order valence-electron chi connectivity index (χ4n) is 2.65. The van der Waals surface area contributed by atoms with Gasteiger partial charge in [0.15, 0.2) is 0 Å². The largest absolute Gasteiger partial charge is 0.472 e. The number of hydrogen-bond acceptors (Lipinski definition) is 3. The first-order valence-electron chi connectivity index (χ1n) is 7.25. The maximum atomic E-state index is 11.8. The third-order valence-corrected chi connectivity index (χ3v) is 3.72. The molecule has 1 heterocycles. The molecule has 1 aliphatic rings. The van der Waals surface area contributed by atoms with Gasteiger partial charge < -0.3 is 15.1 Å². The van der Waals surface area contributed by atoms with Crippen LogP contribution in [0.25, 0.3) is 0 Å². The summed E-state index contributed by atoms with van der Waals surface area (Å²) in [5, 5.41) is 5.75. The highest BCUT2D eigenvalue weighted by atomic mass is 16.3. The summed E-state index contributed by atoms with van der Waals surface area (Å²) < 4.78 is 4.83. The zero-order valence-corrected chi connectivity index (χ0v) is 11.9. The Balaban J connectivity index is 1.64. The second-order valence-electron chi connectivity index (χ2n) is 5.55. The van der Waals surface area contributed by atoms with Gasteiger partial charge >= 0.3 is 0 Å². The number of furan rings is 1. The lowest BCUT2D eigenvalue weighted by atomic mass is 9.87. The summed E-state index contributed by atoms with van der Waals surface area (Å²) in [5.74, 6) is 0.490. The molecule has 1 aliphatic carbocycles. The van der Waals surface area contributed by atoms with E-state index >= 15 is 0 Å². The third-order valence-electron chi connectivity index (χ3n) is 3.72. The van der Waals surface area contributed by atoms with Gasteiger partial charge in [-0.2, -0.15) is 0 Å². The van der Waals surface area contributed by atoms with Crippen molar-refractivity contribution in [2.45, 2.75) is 45.1 Å². The second kappa shape index (κ2) is 7.12. The van der Waals surface area contributed by atoms with E-state index in [1.807, 2.05) is 0 Å². The summed E-state index contributed by atoms with van der Waals surface area (Å²) in [7, 11) is 0. The molecule has 0 bridgehead atoms. The molecule has 2 rings (SSSR count). The Labute approximate surface area is 119 Å². The Kier molecular flexibility index (Phi) is 5.21. The van der Waals surface area contributed by atoms with E-state index in [-0.39, 0.29) is 11.8 Å². The van der Waals surface area contributed by atoms with Crippen molar-refractivity contribution in [2.24, 2.45) is 5.92 Å². The summed E-state index contributed by atoms with van der Waals surface area (Å²) in [6.07, 6.45) is 7.72. The number of hydrogen-bond donors (Lipinski definition) is 2. The van der Waals surface area contributed by atoms with Gasteiger partial charge in [0.2, 0.25) is 5.91 Å². The van der Waals surface area contributed by atoms with Gasteiger partial charge in [0, 0.05) is 19.0 Å². The van der Waals surface area contributed by atoms with Crippen LogP contribution in [0.5, 0.6) is 0 Å². The average Bonchev–Trinajstić information content (AvgIpc) is 2.92. The molecular formula is C15H22N2O3. The van der Waals surface area contributed by atoms with Crippen molar-refractivity contribution in [3.8, 4) is 0 Å². The lowest BCUT2D eigenvalue weighted by Crippen LogP contribution is -2.39. The molecule has 5 heteroatoms. The molecule has 2 atom stereocenters. The molecule has 2 amide bonds. The molecule has 20 heavy (non-hydrogen) atoms. The van der Waals surface area contributed by atoms with E-state index in [1.54, 1.807) is 6.07 Å². The van der Waals surface area contributed by atoms with Crippen molar-refractivity contribution in [1.82, 2.24) is 10.6 Å². The van der Waals surface area contributed by atoms with Gasteiger partial charge in [-0.05, 0) is 24.8 Å². The third kappa shape index (κ3) is 4.40. The van der Waals surface area contributed by atoms with Crippen molar-refractivity contribution in [2.75, 3.05) is 6.54 Å². The molecule has 1 aromatic heterocycles. The Morgan fingerprint density at radius 3 is 2.95 bits per heavy atom. The monoisotopic (exact) mass is 278 g/mol. The van der Waals surface area contributed by atoms with Crippen LogP contribution in [0.3, 0.4) is 0 Å². The van der Waals surface area contributed by atoms with Gasteiger partial charge in [-0.1, -0.05) is 19.8 Å². The molecule has 1 saturated carbocycles. The minimum absolute atomic E-state index is 0.0107. The number of nitrogens with one attached hydrogen (secondary N) is 2. The summed E-state index contributed by atoms with van der Waals surface area (Å²) in [5.41, 5.74) is 0.478. The van der Waals surface area contributed by atoms with Gasteiger partial charge in [0.05, 0.1) is 11.8 Å². The summed E-state index contributed by atoms with van der Waals surface area (Å²) in [6, 6.07) is 1.90. The van der Waals surface area contributed by atoms with Crippen LogP contribution in [-0.4, -0.2) is 24.4 Å². The van der Waals surface area contributed by atoms with E-state index in [1.165, 1.54) is 25.4 Å². The smallest absolute Gasteiger partial charge is 0.254 e. The van der Waals surface area contributed by atoms with Gasteiger partial charge in [-0.25, -0.2) is 0 Å². The molecule has 110 valence electrons. The molecule has 0 radical (unpaired) electrons. The molecule has 0 spiro atoms. The predicted octanol–water partition coefficient (Wildman–Crippen LogP) is 2.09. The average molecular weight is 278 g/mol. The Morgan fingerprint density at radius 1 is 1.40 bits per heavy atom. The van der Waals surface area contributed by atoms with E-state index < -0.39 is 0 Å². The minimum atomic E-state index is -0.210. The van der Waals surface area contributed by atoms with Crippen LogP contribution in [0.2, 0.25) is 0 Å². The Bertz CT molecular complexity index is 442. The van der Waals surface area contributed by atoms with E-state index in [0.29, 0.717) is 30.5 Å². The van der Waals surface area contributed by atoms with Gasteiger partial charge in [-0.15, -0.1) is 0 Å². The number of amides is 2. The maximum absolute atomic E-state index is 11.8. The minimum Gasteiger partial charge on any atom is -0.472 e. The lowest BCUT2D eigenvalue weighted by Gasteiger charge is -2.27. The molecule has 0 aliphatic heterocycles. The van der Waals surface area contributed by atoms with E-state index in [4.69, 9.17) is 4.42 Å². The summed E-state index contributed by atoms with van der Waals surface area (Å²) in [4.78, 5) is 23.4. The molecule has 5 nitrogen and oxygen atoms in total. The van der Waals surface area contributed by atoms with Crippen LogP contribution in [0.15, 0.2) is 23.0 Å². The topological polar surface area (TPSA) is 71.3 Å². The normalized spacial score (nSPS) is 22.2. The van der Waals surface area contributed by atoms with Gasteiger partial charge in [0.1, 0.15) is 6.26 Å². The van der Waals surface area contributed by atoms with Gasteiger partial charge in [0.25, 0.3) is 5.91 Å². The van der Waals surface area contributed by atoms with Crippen LogP contribution in [-0.2, 0) is 4.79 Å². The summed E-state index contributed by atoms with van der Waals surface area (Å²) >= 11 is 0. The highest BCUT2D eigenvalue weighted by Gasteiger charge is 2.20. The lowest BCUT2D eigenvalue weighted by molar-refractivity contribution is -0.121. The molecule has 2 N–H and O–H groups in total. The molecule has 0 aromatic carbocycles. The molecule has 0 saturated heterocycles. The zero-order chi connectivity index (χ0) is 14.4. The number of carbonyl (C=O) groups excluding carboxylic acids is 2. The van der Waals surface area contributed by atoms with E-state index in [2.05, 4.69) is 17.6 Å². The van der Waals surface area contributed by atoms with Crippen molar-refractivity contribution < 1.29 is 14.0 Å². The Morgan fingerprint density at radius 2 is 2.25 bits per heavy atom. The first kappa shape index (κ1) is 14.6. The van der Waals surface area contributed by atoms with Crippen LogP contribution in [0.4, 0.5) is 0 Å². The molecule has 1 aromatic rings. The zero-order valence-electron chi connectivity index (χ0n) is 11.9. The highest BCUT2D eigenvalue weighted by Crippen LogP contribution is 2.23. The predicted molar refractivity (Wildman–Crippen MR) is 75.2 cm³/mol. The number of carbonyl (C=O) groups is 2. The standard InChI is InChI=1S/C15H22N2O3/c1-11-3-2-4-13(9-11)17-14(18)5-7-16-15(19)12-6-8-20-10-12/h6,8,10-11,13H,2-5,7,9H2,1H3,(H,16,19)(H,17,18)/t11-,13+/m1/s1. The molecule has 0 unspecified atom stereocenters. The first-order valence-corrected chi connectivity index (χ1v) is 7.25. The fraction of sp³-hybridized carbons (Fsp3) is 0.600. The van der Waals surface area contributed by atoms with Crippen LogP contribution < -0.4 is 10.6 Å². The number of rotatable bonds is 5. The van der Waals surface area contributed by atoms with Crippen molar-refractivity contribution in [3.63, 3.8) is 0 Å².